The molecule has 90 valence electrons. The fraction of sp³-hybridized carbons (Fsp3) is 0.400. The Bertz CT molecular complexity index is 468. The molecule has 0 aliphatic carbocycles. The Labute approximate surface area is 103 Å². The summed E-state index contributed by atoms with van der Waals surface area (Å²) in [6, 6.07) is 8.36. The molecule has 0 radical (unpaired) electrons. The fourth-order valence-electron chi connectivity index (χ4n) is 1.69. The first-order chi connectivity index (χ1) is 8.15. The van der Waals surface area contributed by atoms with Crippen LogP contribution in [0.4, 0.5) is 0 Å². The molecule has 0 aliphatic rings. The molecule has 2 aromatic rings. The molecule has 0 aliphatic heterocycles. The largest absolute Gasteiger partial charge is 0.448 e. The Balaban J connectivity index is 2.10. The van der Waals surface area contributed by atoms with Gasteiger partial charge in [-0.05, 0) is 19.3 Å². The molecule has 1 aromatic heterocycles. The van der Waals surface area contributed by atoms with Gasteiger partial charge in [0.1, 0.15) is 12.0 Å². The highest BCUT2D eigenvalue weighted by molar-refractivity contribution is 5.58. The van der Waals surface area contributed by atoms with E-state index in [2.05, 4.69) is 50.0 Å². The zero-order valence-corrected chi connectivity index (χ0v) is 10.7. The molecule has 0 saturated carbocycles. The lowest BCUT2D eigenvalue weighted by Gasteiger charge is -1.99. The van der Waals surface area contributed by atoms with Gasteiger partial charge in [0, 0.05) is 12.0 Å². The summed E-state index contributed by atoms with van der Waals surface area (Å²) >= 11 is 0. The van der Waals surface area contributed by atoms with Gasteiger partial charge < -0.3 is 4.42 Å². The molecule has 0 unspecified atom stereocenters. The zero-order chi connectivity index (χ0) is 12.3. The van der Waals surface area contributed by atoms with E-state index in [1.807, 2.05) is 0 Å². The van der Waals surface area contributed by atoms with Crippen LogP contribution in [0.3, 0.4) is 0 Å². The number of aryl methyl sites for hydroxylation is 2. The second-order valence-corrected chi connectivity index (χ2v) is 4.93. The molecule has 0 N–H and O–H groups in total. The van der Waals surface area contributed by atoms with Gasteiger partial charge in [0.2, 0.25) is 0 Å². The number of oxazole rings is 1. The maximum absolute atomic E-state index is 5.49. The van der Waals surface area contributed by atoms with E-state index in [1.165, 1.54) is 5.56 Å². The number of benzene rings is 1. The van der Waals surface area contributed by atoms with Gasteiger partial charge in [-0.3, -0.25) is 0 Å². The molecular formula is C15H19NO. The maximum Gasteiger partial charge on any atom is 0.194 e. The highest BCUT2D eigenvalue weighted by Gasteiger charge is 2.06. The molecule has 2 heteroatoms. The van der Waals surface area contributed by atoms with Crippen LogP contribution in [0.2, 0.25) is 0 Å². The van der Waals surface area contributed by atoms with Crippen LogP contribution in [0.15, 0.2) is 34.9 Å². The van der Waals surface area contributed by atoms with Crippen LogP contribution in [0, 0.1) is 12.8 Å². The van der Waals surface area contributed by atoms with Crippen molar-refractivity contribution in [3.63, 3.8) is 0 Å². The first kappa shape index (κ1) is 11.9. The molecule has 2 nitrogen and oxygen atoms in total. The Morgan fingerprint density at radius 2 is 1.88 bits per heavy atom. The van der Waals surface area contributed by atoms with Crippen molar-refractivity contribution in [2.75, 3.05) is 0 Å². The lowest BCUT2D eigenvalue weighted by molar-refractivity contribution is 0.462. The van der Waals surface area contributed by atoms with Crippen molar-refractivity contribution in [1.29, 1.82) is 0 Å². The fourth-order valence-corrected chi connectivity index (χ4v) is 1.69. The van der Waals surface area contributed by atoms with E-state index in [-0.39, 0.29) is 0 Å². The summed E-state index contributed by atoms with van der Waals surface area (Å²) in [6.07, 6.45) is 3.79. The predicted octanol–water partition coefficient (Wildman–Crippen LogP) is 4.24. The molecule has 0 fully saturated rings. The molecule has 0 saturated heterocycles. The molecule has 0 atom stereocenters. The number of hydrogen-bond acceptors (Lipinski definition) is 2. The van der Waals surface area contributed by atoms with Crippen molar-refractivity contribution < 1.29 is 4.42 Å². The maximum atomic E-state index is 5.49. The van der Waals surface area contributed by atoms with Gasteiger partial charge in [0.15, 0.2) is 5.89 Å². The summed E-state index contributed by atoms with van der Waals surface area (Å²) in [7, 11) is 0. The molecule has 17 heavy (non-hydrogen) atoms. The summed E-state index contributed by atoms with van der Waals surface area (Å²) in [5.41, 5.74) is 3.32. The summed E-state index contributed by atoms with van der Waals surface area (Å²) in [4.78, 5) is 4.52. The van der Waals surface area contributed by atoms with Crippen LogP contribution in [0.5, 0.6) is 0 Å². The Morgan fingerprint density at radius 1 is 1.18 bits per heavy atom. The summed E-state index contributed by atoms with van der Waals surface area (Å²) < 4.78 is 5.49. The molecule has 0 spiro atoms. The van der Waals surface area contributed by atoms with Crippen molar-refractivity contribution in [2.45, 2.75) is 33.6 Å². The predicted molar refractivity (Wildman–Crippen MR) is 69.8 cm³/mol. The van der Waals surface area contributed by atoms with Crippen molar-refractivity contribution >= 4 is 0 Å². The van der Waals surface area contributed by atoms with Crippen LogP contribution in [0.25, 0.3) is 11.3 Å². The van der Waals surface area contributed by atoms with E-state index in [9.17, 15) is 0 Å². The van der Waals surface area contributed by atoms with E-state index in [1.54, 1.807) is 6.26 Å². The second kappa shape index (κ2) is 5.17. The third kappa shape index (κ3) is 3.19. The zero-order valence-electron chi connectivity index (χ0n) is 10.7. The molecular weight excluding hydrogens is 210 g/mol. The van der Waals surface area contributed by atoms with E-state index in [0.717, 1.165) is 30.0 Å². The lowest BCUT2D eigenvalue weighted by Crippen LogP contribution is -1.92. The number of aromatic nitrogens is 1. The van der Waals surface area contributed by atoms with Gasteiger partial charge >= 0.3 is 0 Å². The van der Waals surface area contributed by atoms with Crippen molar-refractivity contribution in [2.24, 2.45) is 5.92 Å². The van der Waals surface area contributed by atoms with Crippen LogP contribution in [0.1, 0.15) is 31.7 Å². The van der Waals surface area contributed by atoms with Crippen molar-refractivity contribution in [1.82, 2.24) is 4.98 Å². The van der Waals surface area contributed by atoms with Gasteiger partial charge in [-0.1, -0.05) is 43.7 Å². The highest BCUT2D eigenvalue weighted by Crippen LogP contribution is 2.20. The minimum absolute atomic E-state index is 0.685. The van der Waals surface area contributed by atoms with Gasteiger partial charge in [0.05, 0.1) is 0 Å². The lowest BCUT2D eigenvalue weighted by atomic mass is 10.1. The first-order valence-electron chi connectivity index (χ1n) is 6.16. The minimum Gasteiger partial charge on any atom is -0.448 e. The molecule has 0 amide bonds. The van der Waals surface area contributed by atoms with Gasteiger partial charge in [-0.25, -0.2) is 4.98 Å². The van der Waals surface area contributed by atoms with Crippen LogP contribution in [-0.2, 0) is 6.42 Å². The standard InChI is InChI=1S/C15H19NO/c1-11(2)4-9-15-16-14(10-17-15)13-7-5-12(3)6-8-13/h5-8,10-11H,4,9H2,1-3H3. The van der Waals surface area contributed by atoms with Crippen LogP contribution >= 0.6 is 0 Å². The minimum atomic E-state index is 0.685. The average Bonchev–Trinajstić information content (AvgIpc) is 2.76. The Kier molecular flexibility index (Phi) is 3.62. The van der Waals surface area contributed by atoms with E-state index in [4.69, 9.17) is 4.42 Å². The van der Waals surface area contributed by atoms with Crippen LogP contribution in [-0.4, -0.2) is 4.98 Å². The Hall–Kier alpha value is -1.57. The van der Waals surface area contributed by atoms with Crippen LogP contribution < -0.4 is 0 Å². The molecule has 1 heterocycles. The smallest absolute Gasteiger partial charge is 0.194 e. The van der Waals surface area contributed by atoms with Gasteiger partial charge in [0.25, 0.3) is 0 Å². The monoisotopic (exact) mass is 229 g/mol. The van der Waals surface area contributed by atoms with Gasteiger partial charge in [-0.2, -0.15) is 0 Å². The molecule has 2 rings (SSSR count). The number of nitrogens with zero attached hydrogens (tertiary/aromatic N) is 1. The van der Waals surface area contributed by atoms with E-state index >= 15 is 0 Å². The summed E-state index contributed by atoms with van der Waals surface area (Å²) in [5.74, 6) is 1.53. The van der Waals surface area contributed by atoms with Crippen molar-refractivity contribution in [3.8, 4) is 11.3 Å². The quantitative estimate of drug-likeness (QED) is 0.783. The summed E-state index contributed by atoms with van der Waals surface area (Å²) in [5, 5.41) is 0. The molecule has 0 bridgehead atoms. The molecule has 1 aromatic carbocycles. The van der Waals surface area contributed by atoms with E-state index in [0.29, 0.717) is 5.92 Å². The number of rotatable bonds is 4. The Morgan fingerprint density at radius 3 is 2.53 bits per heavy atom. The highest BCUT2D eigenvalue weighted by atomic mass is 16.3. The third-order valence-electron chi connectivity index (χ3n) is 2.83. The summed E-state index contributed by atoms with van der Waals surface area (Å²) in [6.45, 7) is 6.51. The first-order valence-corrected chi connectivity index (χ1v) is 6.16. The van der Waals surface area contributed by atoms with Gasteiger partial charge in [-0.15, -0.1) is 0 Å². The topological polar surface area (TPSA) is 26.0 Å². The second-order valence-electron chi connectivity index (χ2n) is 4.93. The van der Waals surface area contributed by atoms with E-state index < -0.39 is 0 Å². The third-order valence-corrected chi connectivity index (χ3v) is 2.83. The van der Waals surface area contributed by atoms with Crippen molar-refractivity contribution in [3.05, 3.63) is 42.0 Å². The normalized spacial score (nSPS) is 11.1. The average molecular weight is 229 g/mol. The number of hydrogen-bond donors (Lipinski definition) is 0. The SMILES string of the molecule is Cc1ccc(-c2coc(CCC(C)C)n2)cc1.